The molecule has 0 bridgehead atoms. The Labute approximate surface area is 183 Å². The van der Waals surface area contributed by atoms with Crippen LogP contribution in [0.15, 0.2) is 71.1 Å². The molecule has 7 nitrogen and oxygen atoms in total. The second kappa shape index (κ2) is 8.77. The molecule has 0 amide bonds. The maximum absolute atomic E-state index is 13.0. The highest BCUT2D eigenvalue weighted by molar-refractivity contribution is 8.00. The fraction of sp³-hybridized carbons (Fsp3) is 0.217. The number of nitrogens with zero attached hydrogens (tertiary/aromatic N) is 4. The van der Waals surface area contributed by atoms with Gasteiger partial charge in [0.15, 0.2) is 10.9 Å². The maximum Gasteiger partial charge on any atom is 0.263 e. The van der Waals surface area contributed by atoms with Gasteiger partial charge in [-0.3, -0.25) is 18.6 Å². The third-order valence-electron chi connectivity index (χ3n) is 4.89. The lowest BCUT2D eigenvalue weighted by molar-refractivity contribution is 0.0994. The summed E-state index contributed by atoms with van der Waals surface area (Å²) in [6, 6.07) is 14.4. The van der Waals surface area contributed by atoms with Gasteiger partial charge < -0.3 is 4.74 Å². The number of ketones is 1. The molecule has 0 radical (unpaired) electrons. The summed E-state index contributed by atoms with van der Waals surface area (Å²) >= 11 is 1.31. The number of fused-ring (bicyclic) bond motifs is 3. The number of thioether (sulfide) groups is 1. The minimum absolute atomic E-state index is 0.0199. The lowest BCUT2D eigenvalue weighted by Crippen LogP contribution is -2.23. The highest BCUT2D eigenvalue weighted by Gasteiger charge is 2.22. The van der Waals surface area contributed by atoms with E-state index in [0.29, 0.717) is 40.6 Å². The molecule has 2 aromatic carbocycles. The van der Waals surface area contributed by atoms with Crippen molar-refractivity contribution in [3.05, 3.63) is 77.1 Å². The van der Waals surface area contributed by atoms with Gasteiger partial charge in [-0.1, -0.05) is 30.0 Å². The van der Waals surface area contributed by atoms with Crippen LogP contribution in [0, 0.1) is 0 Å². The van der Waals surface area contributed by atoms with Gasteiger partial charge in [0.1, 0.15) is 5.75 Å². The van der Waals surface area contributed by atoms with Crippen molar-refractivity contribution in [2.75, 3.05) is 6.61 Å². The van der Waals surface area contributed by atoms with E-state index in [1.807, 2.05) is 36.4 Å². The van der Waals surface area contributed by atoms with Crippen LogP contribution in [0.1, 0.15) is 24.2 Å². The number of hydrogen-bond donors (Lipinski definition) is 0. The Kier molecular flexibility index (Phi) is 5.90. The molecule has 8 heteroatoms. The molecule has 1 unspecified atom stereocenters. The number of para-hydroxylation sites is 1. The molecular formula is C23H22N4O3S. The van der Waals surface area contributed by atoms with Gasteiger partial charge in [-0.2, -0.15) is 0 Å². The standard InChI is InChI=1S/C23H22N4O3S/c1-4-14-26-21(29)18-8-6-7-9-19(18)27-22(26)24-25-23(27)31-15(3)20(28)16-10-12-17(13-11-16)30-5-2/h4,6-13,15H,1,5,14H2,2-3H3. The fourth-order valence-corrected chi connectivity index (χ4v) is 4.36. The second-order valence-electron chi connectivity index (χ2n) is 6.92. The molecule has 0 aliphatic rings. The van der Waals surface area contributed by atoms with Crippen molar-refractivity contribution < 1.29 is 9.53 Å². The molecule has 0 fully saturated rings. The summed E-state index contributed by atoms with van der Waals surface area (Å²) in [4.78, 5) is 25.9. The molecule has 158 valence electrons. The van der Waals surface area contributed by atoms with Gasteiger partial charge in [0, 0.05) is 12.1 Å². The predicted octanol–water partition coefficient (Wildman–Crippen LogP) is 3.99. The molecule has 2 aromatic heterocycles. The molecule has 31 heavy (non-hydrogen) atoms. The molecule has 1 atom stereocenters. The summed E-state index contributed by atoms with van der Waals surface area (Å²) in [5.41, 5.74) is 1.16. The van der Waals surface area contributed by atoms with Gasteiger partial charge in [0.05, 0.1) is 22.8 Å². The molecule has 4 aromatic rings. The first kappa shape index (κ1) is 20.9. The molecular weight excluding hydrogens is 412 g/mol. The van der Waals surface area contributed by atoms with Crippen LogP contribution in [0.3, 0.4) is 0 Å². The van der Waals surface area contributed by atoms with E-state index in [0.717, 1.165) is 5.75 Å². The van der Waals surface area contributed by atoms with Crippen molar-refractivity contribution in [1.29, 1.82) is 0 Å². The Hall–Kier alpha value is -3.39. The van der Waals surface area contributed by atoms with Crippen LogP contribution in [0.5, 0.6) is 5.75 Å². The van der Waals surface area contributed by atoms with E-state index in [4.69, 9.17) is 4.74 Å². The van der Waals surface area contributed by atoms with Crippen LogP contribution in [-0.2, 0) is 6.54 Å². The maximum atomic E-state index is 13.0. The number of aromatic nitrogens is 4. The largest absolute Gasteiger partial charge is 0.494 e. The van der Waals surface area contributed by atoms with Gasteiger partial charge in [-0.05, 0) is 50.2 Å². The number of ether oxygens (including phenoxy) is 1. The third-order valence-corrected chi connectivity index (χ3v) is 5.93. The predicted molar refractivity (Wildman–Crippen MR) is 122 cm³/mol. The van der Waals surface area contributed by atoms with Gasteiger partial charge in [0.25, 0.3) is 5.56 Å². The Morgan fingerprint density at radius 2 is 1.94 bits per heavy atom. The number of carbonyl (C=O) groups excluding carboxylic acids is 1. The summed E-state index contributed by atoms with van der Waals surface area (Å²) in [6.45, 7) is 8.38. The van der Waals surface area contributed by atoms with E-state index >= 15 is 0 Å². The molecule has 4 rings (SSSR count). The van der Waals surface area contributed by atoms with E-state index in [1.54, 1.807) is 36.4 Å². The first-order valence-corrected chi connectivity index (χ1v) is 10.8. The van der Waals surface area contributed by atoms with E-state index in [2.05, 4.69) is 16.8 Å². The lowest BCUT2D eigenvalue weighted by Gasteiger charge is -2.12. The molecule has 0 saturated heterocycles. The quantitative estimate of drug-likeness (QED) is 0.237. The molecule has 0 aliphatic carbocycles. The average molecular weight is 435 g/mol. The molecule has 0 saturated carbocycles. The van der Waals surface area contributed by atoms with Crippen molar-refractivity contribution in [3.8, 4) is 5.75 Å². The molecule has 0 spiro atoms. The summed E-state index contributed by atoms with van der Waals surface area (Å²) in [6.07, 6.45) is 1.65. The highest BCUT2D eigenvalue weighted by atomic mass is 32.2. The van der Waals surface area contributed by atoms with Crippen molar-refractivity contribution in [1.82, 2.24) is 19.2 Å². The number of hydrogen-bond acceptors (Lipinski definition) is 6. The normalized spacial score (nSPS) is 12.2. The average Bonchev–Trinajstić information content (AvgIpc) is 3.20. The third kappa shape index (κ3) is 3.86. The second-order valence-corrected chi connectivity index (χ2v) is 8.23. The topological polar surface area (TPSA) is 78.5 Å². The van der Waals surface area contributed by atoms with Crippen LogP contribution < -0.4 is 10.3 Å². The molecule has 2 heterocycles. The number of allylic oxidation sites excluding steroid dienone is 1. The number of rotatable bonds is 8. The van der Waals surface area contributed by atoms with Gasteiger partial charge in [-0.15, -0.1) is 16.8 Å². The minimum Gasteiger partial charge on any atom is -0.494 e. The van der Waals surface area contributed by atoms with Crippen molar-refractivity contribution >= 4 is 34.2 Å². The van der Waals surface area contributed by atoms with E-state index in [-0.39, 0.29) is 11.3 Å². The van der Waals surface area contributed by atoms with E-state index in [1.165, 1.54) is 16.3 Å². The summed E-state index contributed by atoms with van der Waals surface area (Å²) in [5, 5.41) is 9.25. The van der Waals surface area contributed by atoms with E-state index in [9.17, 15) is 9.59 Å². The lowest BCUT2D eigenvalue weighted by atomic mass is 10.1. The highest BCUT2D eigenvalue weighted by Crippen LogP contribution is 2.27. The summed E-state index contributed by atoms with van der Waals surface area (Å²) in [5.74, 6) is 1.13. The Bertz CT molecular complexity index is 1320. The SMILES string of the molecule is C=CCn1c(=O)c2ccccc2n2c(SC(C)C(=O)c3ccc(OCC)cc3)nnc12. The fourth-order valence-electron chi connectivity index (χ4n) is 3.43. The number of benzene rings is 2. The first-order chi connectivity index (χ1) is 15.0. The Balaban J connectivity index is 1.72. The van der Waals surface area contributed by atoms with Gasteiger partial charge in [0.2, 0.25) is 5.78 Å². The van der Waals surface area contributed by atoms with Crippen LogP contribution in [-0.4, -0.2) is 36.8 Å². The minimum atomic E-state index is -0.399. The van der Waals surface area contributed by atoms with Crippen molar-refractivity contribution in [2.45, 2.75) is 30.8 Å². The van der Waals surface area contributed by atoms with Crippen molar-refractivity contribution in [2.24, 2.45) is 0 Å². The molecule has 0 aliphatic heterocycles. The Morgan fingerprint density at radius 1 is 1.19 bits per heavy atom. The zero-order chi connectivity index (χ0) is 22.0. The van der Waals surface area contributed by atoms with Crippen LogP contribution in [0.25, 0.3) is 16.7 Å². The van der Waals surface area contributed by atoms with E-state index < -0.39 is 5.25 Å². The van der Waals surface area contributed by atoms with Crippen molar-refractivity contribution in [3.63, 3.8) is 0 Å². The first-order valence-electron chi connectivity index (χ1n) is 9.96. The number of Topliss-reactive ketones (excluding diaryl/α,β-unsaturated/α-hetero) is 1. The molecule has 0 N–H and O–H groups in total. The zero-order valence-corrected chi connectivity index (χ0v) is 18.1. The smallest absolute Gasteiger partial charge is 0.263 e. The van der Waals surface area contributed by atoms with Gasteiger partial charge in [-0.25, -0.2) is 0 Å². The van der Waals surface area contributed by atoms with Crippen LogP contribution in [0.4, 0.5) is 0 Å². The van der Waals surface area contributed by atoms with Gasteiger partial charge >= 0.3 is 0 Å². The summed E-state index contributed by atoms with van der Waals surface area (Å²) in [7, 11) is 0. The van der Waals surface area contributed by atoms with Crippen LogP contribution in [0.2, 0.25) is 0 Å². The monoisotopic (exact) mass is 434 g/mol. The zero-order valence-electron chi connectivity index (χ0n) is 17.3. The number of carbonyl (C=O) groups is 1. The van der Waals surface area contributed by atoms with Crippen LogP contribution >= 0.6 is 11.8 Å². The summed E-state index contributed by atoms with van der Waals surface area (Å²) < 4.78 is 8.80. The Morgan fingerprint density at radius 3 is 2.65 bits per heavy atom.